The van der Waals surface area contributed by atoms with Crippen molar-refractivity contribution in [1.29, 1.82) is 0 Å². The number of hydrogen-bond donors (Lipinski definition) is 1. The molecule has 1 N–H and O–H groups in total. The van der Waals surface area contributed by atoms with Crippen LogP contribution in [-0.2, 0) is 4.74 Å². The molecule has 134 valence electrons. The summed E-state index contributed by atoms with van der Waals surface area (Å²) in [6, 6.07) is 5.69. The number of nitrogens with one attached hydrogen (secondary N) is 1. The van der Waals surface area contributed by atoms with Crippen LogP contribution in [0.1, 0.15) is 29.2 Å². The molecule has 2 aromatic heterocycles. The summed E-state index contributed by atoms with van der Waals surface area (Å²) in [4.78, 5) is 24.5. The van der Waals surface area contributed by atoms with Crippen LogP contribution < -0.4 is 5.32 Å². The van der Waals surface area contributed by atoms with Gasteiger partial charge in [-0.15, -0.1) is 11.3 Å². The summed E-state index contributed by atoms with van der Waals surface area (Å²) < 4.78 is 5.41. The second-order valence-electron chi connectivity index (χ2n) is 6.74. The van der Waals surface area contributed by atoms with E-state index in [1.807, 2.05) is 25.1 Å². The third-order valence-electron chi connectivity index (χ3n) is 4.44. The van der Waals surface area contributed by atoms with Crippen molar-refractivity contribution in [2.24, 2.45) is 0 Å². The Morgan fingerprint density at radius 1 is 1.36 bits per heavy atom. The quantitative estimate of drug-likeness (QED) is 0.887. The zero-order chi connectivity index (χ0) is 17.9. The molecule has 0 atom stereocenters. The predicted octanol–water partition coefficient (Wildman–Crippen LogP) is 2.35. The van der Waals surface area contributed by atoms with Crippen LogP contribution in [-0.4, -0.2) is 59.2 Å². The average molecular weight is 360 g/mol. The third-order valence-corrected chi connectivity index (χ3v) is 5.61. The largest absolute Gasteiger partial charge is 0.379 e. The fourth-order valence-electron chi connectivity index (χ4n) is 2.86. The highest BCUT2D eigenvalue weighted by atomic mass is 32.1. The Morgan fingerprint density at radius 3 is 2.80 bits per heavy atom. The van der Waals surface area contributed by atoms with Crippen molar-refractivity contribution >= 4 is 17.2 Å². The molecule has 0 aliphatic carbocycles. The second kappa shape index (κ2) is 7.59. The van der Waals surface area contributed by atoms with Crippen molar-refractivity contribution in [3.63, 3.8) is 0 Å². The van der Waals surface area contributed by atoms with Gasteiger partial charge in [-0.05, 0) is 32.9 Å². The molecule has 1 saturated heterocycles. The first-order valence-corrected chi connectivity index (χ1v) is 9.29. The maximum Gasteiger partial charge on any atom is 0.263 e. The van der Waals surface area contributed by atoms with E-state index < -0.39 is 0 Å². The lowest BCUT2D eigenvalue weighted by molar-refractivity contribution is -0.00922. The number of carbonyl (C=O) groups excluding carboxylic acids is 1. The number of rotatable bonds is 5. The summed E-state index contributed by atoms with van der Waals surface area (Å²) in [5.41, 5.74) is 1.43. The zero-order valence-electron chi connectivity index (χ0n) is 14.9. The van der Waals surface area contributed by atoms with E-state index in [0.717, 1.165) is 42.7 Å². The lowest BCUT2D eigenvalue weighted by Crippen LogP contribution is -2.55. The second-order valence-corrected chi connectivity index (χ2v) is 7.74. The van der Waals surface area contributed by atoms with Gasteiger partial charge in [0.1, 0.15) is 9.88 Å². The Balaban J connectivity index is 1.66. The molecule has 0 saturated carbocycles. The fraction of sp³-hybridized carbons (Fsp3) is 0.500. The van der Waals surface area contributed by atoms with Crippen LogP contribution in [0, 0.1) is 6.92 Å². The topological polar surface area (TPSA) is 67.4 Å². The molecule has 0 aromatic carbocycles. The number of aryl methyl sites for hydroxylation is 1. The Hall–Kier alpha value is -1.83. The van der Waals surface area contributed by atoms with Crippen molar-refractivity contribution in [3.05, 3.63) is 35.0 Å². The molecule has 1 amide bonds. The first-order valence-electron chi connectivity index (χ1n) is 8.47. The molecule has 6 nitrogen and oxygen atoms in total. The van der Waals surface area contributed by atoms with Crippen LogP contribution >= 0.6 is 11.3 Å². The molecule has 0 unspecified atom stereocenters. The summed E-state index contributed by atoms with van der Waals surface area (Å²) >= 11 is 1.39. The van der Waals surface area contributed by atoms with Gasteiger partial charge in [0, 0.05) is 31.4 Å². The van der Waals surface area contributed by atoms with Crippen molar-refractivity contribution in [3.8, 4) is 10.7 Å². The molecule has 0 bridgehead atoms. The Labute approximate surface area is 152 Å². The number of nitrogens with zero attached hydrogens (tertiary/aromatic N) is 3. The van der Waals surface area contributed by atoms with Crippen molar-refractivity contribution in [2.45, 2.75) is 26.3 Å². The zero-order valence-corrected chi connectivity index (χ0v) is 15.7. The highest BCUT2D eigenvalue weighted by Gasteiger charge is 2.29. The van der Waals surface area contributed by atoms with E-state index in [2.05, 4.69) is 34.0 Å². The molecule has 2 aromatic rings. The predicted molar refractivity (Wildman–Crippen MR) is 98.9 cm³/mol. The number of hydrogen-bond acceptors (Lipinski definition) is 6. The summed E-state index contributed by atoms with van der Waals surface area (Å²) in [7, 11) is 0. The normalized spacial score (nSPS) is 16.0. The third kappa shape index (κ3) is 4.23. The van der Waals surface area contributed by atoms with Crippen LogP contribution in [0.3, 0.4) is 0 Å². The van der Waals surface area contributed by atoms with Crippen molar-refractivity contribution in [2.75, 3.05) is 32.8 Å². The summed E-state index contributed by atoms with van der Waals surface area (Å²) in [5, 5.41) is 3.84. The van der Waals surface area contributed by atoms with Gasteiger partial charge >= 0.3 is 0 Å². The molecule has 3 rings (SSSR count). The summed E-state index contributed by atoms with van der Waals surface area (Å²) in [5.74, 6) is -0.0708. The molecular formula is C18H24N4O2S. The lowest BCUT2D eigenvalue weighted by atomic mass is 10.0. The molecular weight excluding hydrogens is 336 g/mol. The van der Waals surface area contributed by atoms with Gasteiger partial charge in [0.05, 0.1) is 24.6 Å². The Morgan fingerprint density at radius 2 is 2.12 bits per heavy atom. The van der Waals surface area contributed by atoms with Gasteiger partial charge in [0.25, 0.3) is 5.91 Å². The van der Waals surface area contributed by atoms with Crippen LogP contribution in [0.4, 0.5) is 0 Å². The first-order chi connectivity index (χ1) is 12.0. The van der Waals surface area contributed by atoms with Crippen molar-refractivity contribution < 1.29 is 9.53 Å². The number of carbonyl (C=O) groups is 1. The lowest BCUT2D eigenvalue weighted by Gasteiger charge is -2.40. The van der Waals surface area contributed by atoms with Gasteiger partial charge in [0.15, 0.2) is 0 Å². The van der Waals surface area contributed by atoms with Gasteiger partial charge < -0.3 is 10.1 Å². The minimum absolute atomic E-state index is 0.0708. The number of morpholine rings is 1. The van der Waals surface area contributed by atoms with Gasteiger partial charge in [-0.25, -0.2) is 4.98 Å². The minimum Gasteiger partial charge on any atom is -0.379 e. The Kier molecular flexibility index (Phi) is 5.46. The van der Waals surface area contributed by atoms with Crippen molar-refractivity contribution in [1.82, 2.24) is 20.2 Å². The summed E-state index contributed by atoms with van der Waals surface area (Å²) in [6.07, 6.45) is 1.73. The van der Waals surface area contributed by atoms with Gasteiger partial charge in [-0.1, -0.05) is 6.07 Å². The molecule has 3 heterocycles. The molecule has 0 spiro atoms. The molecule has 1 aliphatic heterocycles. The summed E-state index contributed by atoms with van der Waals surface area (Å²) in [6.45, 7) is 10.0. The van der Waals surface area contributed by atoms with Gasteiger partial charge in [-0.2, -0.15) is 0 Å². The number of aromatic nitrogens is 2. The first kappa shape index (κ1) is 18.0. The standard InChI is InChI=1S/C18H24N4O2S/c1-13-15(25-17(21-13)14-6-4-5-7-19-14)16(23)20-12-18(2,3)22-8-10-24-11-9-22/h4-7H,8-12H2,1-3H3,(H,20,23). The van der Waals surface area contributed by atoms with E-state index in [0.29, 0.717) is 11.4 Å². The number of ether oxygens (including phenoxy) is 1. The smallest absolute Gasteiger partial charge is 0.263 e. The number of amides is 1. The average Bonchev–Trinajstić information content (AvgIpc) is 3.03. The van der Waals surface area contributed by atoms with Crippen LogP contribution in [0.25, 0.3) is 10.7 Å². The van der Waals surface area contributed by atoms with E-state index in [1.165, 1.54) is 11.3 Å². The molecule has 25 heavy (non-hydrogen) atoms. The fourth-order valence-corrected chi connectivity index (χ4v) is 3.82. The Bertz CT molecular complexity index is 724. The van der Waals surface area contributed by atoms with Crippen LogP contribution in [0.2, 0.25) is 0 Å². The van der Waals surface area contributed by atoms with E-state index in [4.69, 9.17) is 4.74 Å². The maximum absolute atomic E-state index is 12.6. The highest BCUT2D eigenvalue weighted by Crippen LogP contribution is 2.26. The number of pyridine rings is 1. The van der Waals surface area contributed by atoms with E-state index in [9.17, 15) is 4.79 Å². The van der Waals surface area contributed by atoms with E-state index in [1.54, 1.807) is 6.20 Å². The molecule has 7 heteroatoms. The number of thiazole rings is 1. The van der Waals surface area contributed by atoms with Crippen LogP contribution in [0.5, 0.6) is 0 Å². The minimum atomic E-state index is -0.109. The van der Waals surface area contributed by atoms with E-state index in [-0.39, 0.29) is 11.4 Å². The van der Waals surface area contributed by atoms with Crippen LogP contribution in [0.15, 0.2) is 24.4 Å². The molecule has 1 fully saturated rings. The van der Waals surface area contributed by atoms with Gasteiger partial charge in [-0.3, -0.25) is 14.7 Å². The molecule has 1 aliphatic rings. The maximum atomic E-state index is 12.6. The SMILES string of the molecule is Cc1nc(-c2ccccn2)sc1C(=O)NCC(C)(C)N1CCOCC1. The van der Waals surface area contributed by atoms with Gasteiger partial charge in [0.2, 0.25) is 0 Å². The van der Waals surface area contributed by atoms with E-state index >= 15 is 0 Å². The monoisotopic (exact) mass is 360 g/mol. The highest BCUT2D eigenvalue weighted by molar-refractivity contribution is 7.17. The molecule has 0 radical (unpaired) electrons.